The van der Waals surface area contributed by atoms with Gasteiger partial charge in [0.05, 0.1) is 0 Å². The van der Waals surface area contributed by atoms with Gasteiger partial charge in [-0.25, -0.2) is 9.97 Å². The molecule has 106 valence electrons. The molecule has 1 unspecified atom stereocenters. The van der Waals surface area contributed by atoms with Crippen molar-refractivity contribution in [1.82, 2.24) is 9.97 Å². The first-order valence-corrected chi connectivity index (χ1v) is 6.88. The molecule has 5 heteroatoms. The van der Waals surface area contributed by atoms with E-state index in [1.165, 1.54) is 5.56 Å². The normalized spacial score (nSPS) is 12.2. The Kier molecular flexibility index (Phi) is 5.32. The van der Waals surface area contributed by atoms with Gasteiger partial charge in [0.25, 0.3) is 0 Å². The van der Waals surface area contributed by atoms with Crippen LogP contribution in [0.1, 0.15) is 24.2 Å². The summed E-state index contributed by atoms with van der Waals surface area (Å²) in [7, 11) is 1.61. The number of benzene rings is 1. The van der Waals surface area contributed by atoms with Gasteiger partial charge in [0.15, 0.2) is 5.82 Å². The number of ether oxygens (including phenoxy) is 1. The summed E-state index contributed by atoms with van der Waals surface area (Å²) < 4.78 is 5.02. The molecule has 0 aliphatic carbocycles. The number of aromatic nitrogens is 2. The summed E-state index contributed by atoms with van der Waals surface area (Å²) in [5, 5.41) is 3.71. The van der Waals surface area contributed by atoms with Crippen molar-refractivity contribution >= 4 is 17.4 Å². The number of halogens is 1. The second-order valence-electron chi connectivity index (χ2n) is 4.62. The van der Waals surface area contributed by atoms with Crippen molar-refractivity contribution in [3.8, 4) is 0 Å². The molecule has 0 aliphatic heterocycles. The van der Waals surface area contributed by atoms with Crippen LogP contribution < -0.4 is 5.32 Å². The molecule has 1 atom stereocenters. The molecule has 0 bridgehead atoms. The highest BCUT2D eigenvalue weighted by Crippen LogP contribution is 2.17. The molecule has 1 N–H and O–H groups in total. The van der Waals surface area contributed by atoms with E-state index in [1.54, 1.807) is 13.2 Å². The van der Waals surface area contributed by atoms with Gasteiger partial charge in [-0.3, -0.25) is 0 Å². The molecule has 1 heterocycles. The number of nitrogens with one attached hydrogen (secondary N) is 1. The lowest BCUT2D eigenvalue weighted by Gasteiger charge is -2.14. The van der Waals surface area contributed by atoms with Gasteiger partial charge < -0.3 is 10.1 Å². The van der Waals surface area contributed by atoms with Crippen molar-refractivity contribution < 1.29 is 4.74 Å². The summed E-state index contributed by atoms with van der Waals surface area (Å²) in [6.07, 6.45) is 0. The largest absolute Gasteiger partial charge is 0.377 e. The van der Waals surface area contributed by atoms with E-state index in [0.717, 1.165) is 12.4 Å². The van der Waals surface area contributed by atoms with Crippen molar-refractivity contribution in [3.05, 3.63) is 52.9 Å². The molecule has 0 saturated carbocycles. The topological polar surface area (TPSA) is 47.0 Å². The fourth-order valence-corrected chi connectivity index (χ4v) is 2.11. The zero-order valence-electron chi connectivity index (χ0n) is 11.6. The molecule has 0 fully saturated rings. The van der Waals surface area contributed by atoms with Gasteiger partial charge in [-0.2, -0.15) is 0 Å². The number of anilines is 1. The van der Waals surface area contributed by atoms with Crippen molar-refractivity contribution in [3.63, 3.8) is 0 Å². The van der Waals surface area contributed by atoms with E-state index < -0.39 is 0 Å². The van der Waals surface area contributed by atoms with E-state index in [-0.39, 0.29) is 0 Å². The highest BCUT2D eigenvalue weighted by atomic mass is 35.5. The number of rotatable bonds is 6. The number of hydrogen-bond donors (Lipinski definition) is 1. The molecule has 2 rings (SSSR count). The summed E-state index contributed by atoms with van der Waals surface area (Å²) in [5.41, 5.74) is 1.29. The standard InChI is InChI=1S/C15H18ClN3O/c1-11(12-6-4-3-5-7-12)9-17-14-8-13(16)18-15(19-14)10-20-2/h3-8,11H,9-10H2,1-2H3,(H,17,18,19). The minimum atomic E-state index is 0.351. The number of hydrogen-bond acceptors (Lipinski definition) is 4. The third-order valence-electron chi connectivity index (χ3n) is 2.97. The first kappa shape index (κ1) is 14.8. The summed E-state index contributed by atoms with van der Waals surface area (Å²) in [6.45, 7) is 3.30. The van der Waals surface area contributed by atoms with E-state index in [4.69, 9.17) is 16.3 Å². The summed E-state index contributed by atoms with van der Waals surface area (Å²) in [6, 6.07) is 12.1. The van der Waals surface area contributed by atoms with Gasteiger partial charge in [0.2, 0.25) is 0 Å². The fraction of sp³-hybridized carbons (Fsp3) is 0.333. The second-order valence-corrected chi connectivity index (χ2v) is 5.01. The van der Waals surface area contributed by atoms with Crippen LogP contribution in [0.5, 0.6) is 0 Å². The summed E-state index contributed by atoms with van der Waals surface area (Å²) in [4.78, 5) is 8.46. The maximum absolute atomic E-state index is 5.97. The predicted molar refractivity (Wildman–Crippen MR) is 81.1 cm³/mol. The lowest BCUT2D eigenvalue weighted by Crippen LogP contribution is -2.12. The maximum Gasteiger partial charge on any atom is 0.158 e. The molecule has 0 amide bonds. The molecule has 1 aromatic carbocycles. The van der Waals surface area contributed by atoms with Crippen LogP contribution in [-0.4, -0.2) is 23.6 Å². The van der Waals surface area contributed by atoms with E-state index in [1.807, 2.05) is 18.2 Å². The highest BCUT2D eigenvalue weighted by molar-refractivity contribution is 6.29. The first-order chi connectivity index (χ1) is 9.69. The lowest BCUT2D eigenvalue weighted by molar-refractivity contribution is 0.178. The van der Waals surface area contributed by atoms with Gasteiger partial charge >= 0.3 is 0 Å². The Bertz CT molecular complexity index is 548. The van der Waals surface area contributed by atoms with Gasteiger partial charge in [-0.1, -0.05) is 48.9 Å². The summed E-state index contributed by atoms with van der Waals surface area (Å²) >= 11 is 5.97. The molecule has 0 spiro atoms. The zero-order valence-corrected chi connectivity index (χ0v) is 12.4. The molecular formula is C15H18ClN3O. The first-order valence-electron chi connectivity index (χ1n) is 6.50. The lowest BCUT2D eigenvalue weighted by atomic mass is 10.0. The SMILES string of the molecule is COCc1nc(Cl)cc(NCC(C)c2ccccc2)n1. The zero-order chi connectivity index (χ0) is 14.4. The Morgan fingerprint density at radius 2 is 2.00 bits per heavy atom. The van der Waals surface area contributed by atoms with Crippen LogP contribution in [0.15, 0.2) is 36.4 Å². The average Bonchev–Trinajstić information content (AvgIpc) is 2.45. The van der Waals surface area contributed by atoms with Crippen LogP contribution in [0.3, 0.4) is 0 Å². The van der Waals surface area contributed by atoms with Gasteiger partial charge in [0.1, 0.15) is 17.6 Å². The third-order valence-corrected chi connectivity index (χ3v) is 3.17. The van der Waals surface area contributed by atoms with Crippen molar-refractivity contribution in [1.29, 1.82) is 0 Å². The van der Waals surface area contributed by atoms with Crippen molar-refractivity contribution in [2.45, 2.75) is 19.4 Å². The third kappa shape index (κ3) is 4.18. The van der Waals surface area contributed by atoms with Crippen LogP contribution in [-0.2, 0) is 11.3 Å². The molecule has 0 saturated heterocycles. The Labute approximate surface area is 124 Å². The van der Waals surface area contributed by atoms with Gasteiger partial charge in [-0.15, -0.1) is 0 Å². The molecule has 0 radical (unpaired) electrons. The van der Waals surface area contributed by atoms with Crippen LogP contribution in [0.4, 0.5) is 5.82 Å². The Hall–Kier alpha value is -1.65. The van der Waals surface area contributed by atoms with E-state index in [9.17, 15) is 0 Å². The van der Waals surface area contributed by atoms with E-state index in [2.05, 4.69) is 34.3 Å². The molecule has 2 aromatic rings. The minimum absolute atomic E-state index is 0.351. The molecule has 20 heavy (non-hydrogen) atoms. The highest BCUT2D eigenvalue weighted by Gasteiger charge is 2.07. The molecule has 0 aliphatic rings. The smallest absolute Gasteiger partial charge is 0.158 e. The van der Waals surface area contributed by atoms with Crippen LogP contribution in [0.2, 0.25) is 5.15 Å². The Balaban J connectivity index is 2.00. The van der Waals surface area contributed by atoms with Crippen molar-refractivity contribution in [2.24, 2.45) is 0 Å². The van der Waals surface area contributed by atoms with E-state index >= 15 is 0 Å². The molecule has 4 nitrogen and oxygen atoms in total. The van der Waals surface area contributed by atoms with Gasteiger partial charge in [0, 0.05) is 19.7 Å². The maximum atomic E-state index is 5.97. The molecule has 1 aromatic heterocycles. The fourth-order valence-electron chi connectivity index (χ4n) is 1.91. The van der Waals surface area contributed by atoms with Gasteiger partial charge in [-0.05, 0) is 11.5 Å². The van der Waals surface area contributed by atoms with Crippen molar-refractivity contribution in [2.75, 3.05) is 19.0 Å². The monoisotopic (exact) mass is 291 g/mol. The summed E-state index contributed by atoms with van der Waals surface area (Å²) in [5.74, 6) is 1.69. The van der Waals surface area contributed by atoms with E-state index in [0.29, 0.717) is 23.5 Å². The number of methoxy groups -OCH3 is 1. The average molecular weight is 292 g/mol. The van der Waals surface area contributed by atoms with Crippen LogP contribution in [0, 0.1) is 0 Å². The Morgan fingerprint density at radius 1 is 1.25 bits per heavy atom. The predicted octanol–water partition coefficient (Wildman–Crippen LogP) is 3.49. The second kappa shape index (κ2) is 7.22. The van der Waals surface area contributed by atoms with Crippen LogP contribution in [0.25, 0.3) is 0 Å². The Morgan fingerprint density at radius 3 is 2.70 bits per heavy atom. The molecular weight excluding hydrogens is 274 g/mol. The number of nitrogens with zero attached hydrogens (tertiary/aromatic N) is 2. The van der Waals surface area contributed by atoms with Crippen LogP contribution >= 0.6 is 11.6 Å². The quantitative estimate of drug-likeness (QED) is 0.828. The minimum Gasteiger partial charge on any atom is -0.377 e.